The molecule has 0 unspecified atom stereocenters. The molecule has 1 aliphatic rings. The maximum absolute atomic E-state index is 5.51. The second kappa shape index (κ2) is 5.42. The summed E-state index contributed by atoms with van der Waals surface area (Å²) in [5.74, 6) is 0.972. The molecule has 2 N–H and O–H groups in total. The van der Waals surface area contributed by atoms with Crippen molar-refractivity contribution in [1.82, 2.24) is 14.9 Å². The van der Waals surface area contributed by atoms with E-state index in [1.54, 1.807) is 6.20 Å². The molecule has 0 spiro atoms. The molecule has 1 aromatic rings. The van der Waals surface area contributed by atoms with Gasteiger partial charge in [-0.15, -0.1) is 0 Å². The fraction of sp³-hybridized carbons (Fsp3) is 0.667. The number of rotatable bonds is 3. The fourth-order valence-corrected chi connectivity index (χ4v) is 2.23. The normalized spacial score (nSPS) is 17.8. The van der Waals surface area contributed by atoms with Crippen LogP contribution in [0.15, 0.2) is 12.4 Å². The number of nitrogens with zero attached hydrogens (tertiary/aromatic N) is 4. The lowest BCUT2D eigenvalue weighted by molar-refractivity contribution is 0.249. The van der Waals surface area contributed by atoms with Gasteiger partial charge in [-0.25, -0.2) is 4.98 Å². The van der Waals surface area contributed by atoms with Gasteiger partial charge in [-0.3, -0.25) is 4.98 Å². The Labute approximate surface area is 103 Å². The fourth-order valence-electron chi connectivity index (χ4n) is 2.23. The first-order valence-electron chi connectivity index (χ1n) is 6.13. The molecule has 0 aliphatic carbocycles. The lowest BCUT2D eigenvalue weighted by atomic mass is 10.0. The quantitative estimate of drug-likeness (QED) is 0.825. The van der Waals surface area contributed by atoms with E-state index in [1.165, 1.54) is 12.8 Å². The van der Waals surface area contributed by atoms with Gasteiger partial charge < -0.3 is 15.5 Å². The maximum Gasteiger partial charge on any atom is 0.147 e. The zero-order valence-electron chi connectivity index (χ0n) is 10.6. The summed E-state index contributed by atoms with van der Waals surface area (Å²) in [5.41, 5.74) is 6.35. The third kappa shape index (κ3) is 2.92. The van der Waals surface area contributed by atoms with Crippen LogP contribution in [0.2, 0.25) is 0 Å². The summed E-state index contributed by atoms with van der Waals surface area (Å²) < 4.78 is 0. The van der Waals surface area contributed by atoms with E-state index in [-0.39, 0.29) is 0 Å². The summed E-state index contributed by atoms with van der Waals surface area (Å²) in [7, 11) is 4.30. The number of hydrogen-bond donors (Lipinski definition) is 1. The second-order valence-corrected chi connectivity index (χ2v) is 4.75. The molecular formula is C12H21N5. The van der Waals surface area contributed by atoms with E-state index in [9.17, 15) is 0 Å². The molecule has 5 nitrogen and oxygen atoms in total. The Bertz CT molecular complexity index is 340. The van der Waals surface area contributed by atoms with Gasteiger partial charge in [0.2, 0.25) is 0 Å². The van der Waals surface area contributed by atoms with Crippen LogP contribution in [0.5, 0.6) is 0 Å². The maximum atomic E-state index is 5.51. The molecule has 1 aliphatic heterocycles. The summed E-state index contributed by atoms with van der Waals surface area (Å²) in [5, 5.41) is 0. The van der Waals surface area contributed by atoms with Gasteiger partial charge in [0.1, 0.15) is 5.82 Å². The van der Waals surface area contributed by atoms with Gasteiger partial charge in [-0.1, -0.05) is 0 Å². The number of nitrogens with two attached hydrogens (primary N) is 1. The highest BCUT2D eigenvalue weighted by Crippen LogP contribution is 2.19. The van der Waals surface area contributed by atoms with E-state index < -0.39 is 0 Å². The monoisotopic (exact) mass is 235 g/mol. The first kappa shape index (κ1) is 12.3. The summed E-state index contributed by atoms with van der Waals surface area (Å²) >= 11 is 0. The molecule has 5 heteroatoms. The van der Waals surface area contributed by atoms with Crippen molar-refractivity contribution in [3.63, 3.8) is 0 Å². The highest BCUT2D eigenvalue weighted by Gasteiger charge is 2.21. The Morgan fingerprint density at radius 3 is 2.47 bits per heavy atom. The van der Waals surface area contributed by atoms with Crippen LogP contribution in [0.1, 0.15) is 18.5 Å². The van der Waals surface area contributed by atoms with E-state index in [0.717, 1.165) is 24.6 Å². The number of hydrogen-bond acceptors (Lipinski definition) is 5. The van der Waals surface area contributed by atoms with E-state index in [1.807, 2.05) is 6.20 Å². The number of piperidine rings is 1. The molecule has 0 amide bonds. The van der Waals surface area contributed by atoms with Crippen LogP contribution in [-0.4, -0.2) is 48.1 Å². The molecule has 2 heterocycles. The van der Waals surface area contributed by atoms with Crippen molar-refractivity contribution < 1.29 is 0 Å². The molecule has 0 radical (unpaired) electrons. The highest BCUT2D eigenvalue weighted by atomic mass is 15.2. The first-order chi connectivity index (χ1) is 8.20. The Kier molecular flexibility index (Phi) is 3.91. The average Bonchev–Trinajstić information content (AvgIpc) is 2.39. The van der Waals surface area contributed by atoms with Crippen molar-refractivity contribution in [2.45, 2.75) is 25.4 Å². The zero-order valence-corrected chi connectivity index (χ0v) is 10.6. The first-order valence-corrected chi connectivity index (χ1v) is 6.13. The van der Waals surface area contributed by atoms with Gasteiger partial charge in [0.15, 0.2) is 0 Å². The van der Waals surface area contributed by atoms with Crippen LogP contribution >= 0.6 is 0 Å². The third-order valence-electron chi connectivity index (χ3n) is 3.42. The van der Waals surface area contributed by atoms with Crippen LogP contribution in [-0.2, 0) is 6.54 Å². The van der Waals surface area contributed by atoms with E-state index in [4.69, 9.17) is 5.73 Å². The predicted molar refractivity (Wildman–Crippen MR) is 68.8 cm³/mol. The van der Waals surface area contributed by atoms with Crippen molar-refractivity contribution >= 4 is 5.82 Å². The van der Waals surface area contributed by atoms with Crippen molar-refractivity contribution in [3.05, 3.63) is 18.1 Å². The average molecular weight is 235 g/mol. The Morgan fingerprint density at radius 1 is 1.29 bits per heavy atom. The number of anilines is 1. The lowest BCUT2D eigenvalue weighted by Gasteiger charge is -2.35. The molecule has 17 heavy (non-hydrogen) atoms. The van der Waals surface area contributed by atoms with Gasteiger partial charge in [0.05, 0.1) is 18.1 Å². The Hall–Kier alpha value is -1.20. The van der Waals surface area contributed by atoms with E-state index in [2.05, 4.69) is 33.9 Å². The van der Waals surface area contributed by atoms with Crippen LogP contribution in [0, 0.1) is 0 Å². The molecule has 0 bridgehead atoms. The smallest absolute Gasteiger partial charge is 0.147 e. The Morgan fingerprint density at radius 2 is 2.00 bits per heavy atom. The summed E-state index contributed by atoms with van der Waals surface area (Å²) in [6.45, 7) is 2.56. The van der Waals surface area contributed by atoms with Crippen LogP contribution in [0.3, 0.4) is 0 Å². The summed E-state index contributed by atoms with van der Waals surface area (Å²) in [6, 6.07) is 0.697. The molecule has 0 saturated carbocycles. The zero-order chi connectivity index (χ0) is 12.3. The standard InChI is InChI=1S/C12H21N5/c1-16(2)11-3-5-17(6-4-11)12-9-14-10(7-13)8-15-12/h8-9,11H,3-7,13H2,1-2H3. The van der Waals surface area contributed by atoms with Gasteiger partial charge in [0.25, 0.3) is 0 Å². The van der Waals surface area contributed by atoms with Gasteiger partial charge in [-0.2, -0.15) is 0 Å². The molecule has 1 fully saturated rings. The van der Waals surface area contributed by atoms with Crippen molar-refractivity contribution in [2.24, 2.45) is 5.73 Å². The summed E-state index contributed by atoms with van der Waals surface area (Å²) in [4.78, 5) is 13.3. The molecule has 0 aromatic carbocycles. The predicted octanol–water partition coefficient (Wildman–Crippen LogP) is 0.466. The molecule has 2 rings (SSSR count). The van der Waals surface area contributed by atoms with Crippen molar-refractivity contribution in [1.29, 1.82) is 0 Å². The third-order valence-corrected chi connectivity index (χ3v) is 3.42. The minimum Gasteiger partial charge on any atom is -0.355 e. The molecule has 94 valence electrons. The molecule has 0 atom stereocenters. The van der Waals surface area contributed by atoms with Crippen LogP contribution in [0.4, 0.5) is 5.82 Å². The van der Waals surface area contributed by atoms with Gasteiger partial charge in [-0.05, 0) is 26.9 Å². The highest BCUT2D eigenvalue weighted by molar-refractivity contribution is 5.36. The Balaban J connectivity index is 1.95. The minimum absolute atomic E-state index is 0.454. The summed E-state index contributed by atoms with van der Waals surface area (Å²) in [6.07, 6.45) is 5.98. The van der Waals surface area contributed by atoms with Crippen molar-refractivity contribution in [2.75, 3.05) is 32.1 Å². The number of aromatic nitrogens is 2. The van der Waals surface area contributed by atoms with Crippen LogP contribution in [0.25, 0.3) is 0 Å². The van der Waals surface area contributed by atoms with Crippen molar-refractivity contribution in [3.8, 4) is 0 Å². The minimum atomic E-state index is 0.454. The molecule has 1 aromatic heterocycles. The SMILES string of the molecule is CN(C)C1CCN(c2cnc(CN)cn2)CC1. The van der Waals surface area contributed by atoms with Gasteiger partial charge in [0, 0.05) is 25.7 Å². The van der Waals surface area contributed by atoms with E-state index in [0.29, 0.717) is 12.6 Å². The largest absolute Gasteiger partial charge is 0.355 e. The second-order valence-electron chi connectivity index (χ2n) is 4.75. The van der Waals surface area contributed by atoms with Crippen LogP contribution < -0.4 is 10.6 Å². The van der Waals surface area contributed by atoms with E-state index >= 15 is 0 Å². The molecular weight excluding hydrogens is 214 g/mol. The lowest BCUT2D eigenvalue weighted by Crippen LogP contribution is -2.42. The van der Waals surface area contributed by atoms with Gasteiger partial charge >= 0.3 is 0 Å². The molecule has 1 saturated heterocycles. The topological polar surface area (TPSA) is 58.3 Å².